The Labute approximate surface area is 108 Å². The molecule has 18 heavy (non-hydrogen) atoms. The Morgan fingerprint density at radius 2 is 2.11 bits per heavy atom. The number of hydrogen-bond acceptors (Lipinski definition) is 2. The second-order valence-electron chi connectivity index (χ2n) is 5.26. The molecule has 3 heteroatoms. The summed E-state index contributed by atoms with van der Waals surface area (Å²) in [6.07, 6.45) is 5.47. The van der Waals surface area contributed by atoms with E-state index in [2.05, 4.69) is 11.4 Å². The Balaban J connectivity index is 1.51. The molecule has 1 aliphatic carbocycles. The summed E-state index contributed by atoms with van der Waals surface area (Å²) in [6, 6.07) is 8.16. The maximum absolute atomic E-state index is 11.7. The minimum atomic E-state index is 0.129. The summed E-state index contributed by atoms with van der Waals surface area (Å²) in [5, 5.41) is 3.02. The van der Waals surface area contributed by atoms with Crippen molar-refractivity contribution in [1.29, 1.82) is 0 Å². The molecular weight excluding hydrogens is 226 g/mol. The Bertz CT molecular complexity index is 440. The van der Waals surface area contributed by atoms with E-state index in [4.69, 9.17) is 4.74 Å². The van der Waals surface area contributed by atoms with E-state index in [1.165, 1.54) is 12.0 Å². The quantitative estimate of drug-likeness (QED) is 0.887. The Morgan fingerprint density at radius 3 is 2.89 bits per heavy atom. The molecule has 3 rings (SSSR count). The summed E-state index contributed by atoms with van der Waals surface area (Å²) < 4.78 is 5.90. The van der Waals surface area contributed by atoms with Gasteiger partial charge in [-0.1, -0.05) is 24.6 Å². The lowest BCUT2D eigenvalue weighted by Gasteiger charge is -2.28. The van der Waals surface area contributed by atoms with E-state index in [0.717, 1.165) is 31.4 Å². The van der Waals surface area contributed by atoms with Gasteiger partial charge in [0.05, 0.1) is 6.54 Å². The summed E-state index contributed by atoms with van der Waals surface area (Å²) in [5.41, 5.74) is 1.28. The van der Waals surface area contributed by atoms with E-state index in [1.54, 1.807) is 0 Å². The van der Waals surface area contributed by atoms with Gasteiger partial charge in [0.15, 0.2) is 0 Å². The summed E-state index contributed by atoms with van der Waals surface area (Å²) in [5.74, 6) is 1.45. The third-order valence-electron chi connectivity index (χ3n) is 3.98. The molecule has 3 nitrogen and oxygen atoms in total. The number of rotatable bonds is 3. The molecule has 1 heterocycles. The van der Waals surface area contributed by atoms with Crippen molar-refractivity contribution in [2.24, 2.45) is 5.92 Å². The molecule has 0 aromatic heterocycles. The molecule has 1 aromatic rings. The normalized spacial score (nSPS) is 22.6. The van der Waals surface area contributed by atoms with E-state index in [0.29, 0.717) is 6.54 Å². The molecule has 0 spiro atoms. The van der Waals surface area contributed by atoms with Gasteiger partial charge in [-0.15, -0.1) is 0 Å². The molecule has 1 unspecified atom stereocenters. The molecule has 1 aromatic carbocycles. The first-order chi connectivity index (χ1) is 8.83. The molecule has 1 aliphatic heterocycles. The smallest absolute Gasteiger partial charge is 0.223 e. The summed E-state index contributed by atoms with van der Waals surface area (Å²) in [4.78, 5) is 11.7. The van der Waals surface area contributed by atoms with Crippen molar-refractivity contribution in [2.45, 2.75) is 38.2 Å². The highest BCUT2D eigenvalue weighted by atomic mass is 16.5. The van der Waals surface area contributed by atoms with Gasteiger partial charge in [0, 0.05) is 5.92 Å². The zero-order chi connectivity index (χ0) is 12.4. The second kappa shape index (κ2) is 5.01. The molecule has 0 saturated heterocycles. The third kappa shape index (κ3) is 2.35. The first kappa shape index (κ1) is 11.6. The minimum Gasteiger partial charge on any atom is -0.488 e. The van der Waals surface area contributed by atoms with Crippen molar-refractivity contribution in [3.05, 3.63) is 29.8 Å². The van der Waals surface area contributed by atoms with Gasteiger partial charge in [0.25, 0.3) is 0 Å². The van der Waals surface area contributed by atoms with Gasteiger partial charge in [0.1, 0.15) is 11.9 Å². The van der Waals surface area contributed by atoms with Gasteiger partial charge in [0.2, 0.25) is 5.91 Å². The van der Waals surface area contributed by atoms with Gasteiger partial charge in [-0.25, -0.2) is 0 Å². The molecule has 0 radical (unpaired) electrons. The summed E-state index contributed by atoms with van der Waals surface area (Å²) in [7, 11) is 0. The van der Waals surface area contributed by atoms with E-state index in [1.807, 2.05) is 18.2 Å². The average molecular weight is 245 g/mol. The zero-order valence-electron chi connectivity index (χ0n) is 10.5. The van der Waals surface area contributed by atoms with Gasteiger partial charge >= 0.3 is 0 Å². The number of nitrogens with one attached hydrogen (secondary N) is 1. The van der Waals surface area contributed by atoms with Crippen LogP contribution in [0.25, 0.3) is 0 Å². The fourth-order valence-electron chi connectivity index (χ4n) is 2.55. The first-order valence-electron chi connectivity index (χ1n) is 6.85. The fourth-order valence-corrected chi connectivity index (χ4v) is 2.55. The molecule has 1 N–H and O–H groups in total. The van der Waals surface area contributed by atoms with Crippen molar-refractivity contribution >= 4 is 5.91 Å². The number of carbonyl (C=O) groups is 1. The largest absolute Gasteiger partial charge is 0.488 e. The number of para-hydroxylation sites is 1. The number of ether oxygens (including phenoxy) is 1. The van der Waals surface area contributed by atoms with Crippen LogP contribution in [-0.4, -0.2) is 18.6 Å². The number of carbonyl (C=O) groups excluding carboxylic acids is 1. The standard InChI is InChI=1S/C15H19NO2/c17-15(12-5-3-6-12)16-10-13-9-8-11-4-1-2-7-14(11)18-13/h1-2,4,7,12-13H,3,5-6,8-10H2,(H,16,17). The molecule has 1 fully saturated rings. The van der Waals surface area contributed by atoms with Crippen LogP contribution in [0.5, 0.6) is 5.75 Å². The number of benzene rings is 1. The summed E-state index contributed by atoms with van der Waals surface area (Å²) >= 11 is 0. The van der Waals surface area contributed by atoms with Crippen molar-refractivity contribution in [3.63, 3.8) is 0 Å². The van der Waals surface area contributed by atoms with Crippen molar-refractivity contribution in [2.75, 3.05) is 6.54 Å². The van der Waals surface area contributed by atoms with Crippen molar-refractivity contribution in [3.8, 4) is 5.75 Å². The highest BCUT2D eigenvalue weighted by Gasteiger charge is 2.26. The lowest BCUT2D eigenvalue weighted by Crippen LogP contribution is -2.41. The number of aryl methyl sites for hydroxylation is 1. The lowest BCUT2D eigenvalue weighted by atomic mass is 9.85. The van der Waals surface area contributed by atoms with Gasteiger partial charge < -0.3 is 10.1 Å². The highest BCUT2D eigenvalue weighted by molar-refractivity contribution is 5.79. The predicted molar refractivity (Wildman–Crippen MR) is 69.5 cm³/mol. The van der Waals surface area contributed by atoms with Crippen molar-refractivity contribution in [1.82, 2.24) is 5.32 Å². The molecule has 2 aliphatic rings. The van der Waals surface area contributed by atoms with Crippen LogP contribution in [0.3, 0.4) is 0 Å². The lowest BCUT2D eigenvalue weighted by molar-refractivity contribution is -0.127. The molecule has 96 valence electrons. The highest BCUT2D eigenvalue weighted by Crippen LogP contribution is 2.28. The molecular formula is C15H19NO2. The van der Waals surface area contributed by atoms with Crippen LogP contribution in [0.2, 0.25) is 0 Å². The average Bonchev–Trinajstić information content (AvgIpc) is 2.34. The number of hydrogen-bond donors (Lipinski definition) is 1. The van der Waals surface area contributed by atoms with Crippen molar-refractivity contribution < 1.29 is 9.53 Å². The third-order valence-corrected chi connectivity index (χ3v) is 3.98. The minimum absolute atomic E-state index is 0.129. The van der Waals surface area contributed by atoms with Crippen LogP contribution in [0, 0.1) is 5.92 Å². The Hall–Kier alpha value is -1.51. The van der Waals surface area contributed by atoms with E-state index >= 15 is 0 Å². The molecule has 1 atom stereocenters. The van der Waals surface area contributed by atoms with Crippen LogP contribution in [0.1, 0.15) is 31.2 Å². The Kier molecular flexibility index (Phi) is 3.22. The SMILES string of the molecule is O=C(NCC1CCc2ccccc2O1)C1CCC1. The van der Waals surface area contributed by atoms with Crippen LogP contribution in [-0.2, 0) is 11.2 Å². The molecule has 1 amide bonds. The number of fused-ring (bicyclic) bond motifs is 1. The van der Waals surface area contributed by atoms with E-state index < -0.39 is 0 Å². The van der Waals surface area contributed by atoms with Crippen LogP contribution in [0.15, 0.2) is 24.3 Å². The zero-order valence-corrected chi connectivity index (χ0v) is 10.5. The maximum atomic E-state index is 11.7. The van der Waals surface area contributed by atoms with Crippen LogP contribution in [0.4, 0.5) is 0 Å². The Morgan fingerprint density at radius 1 is 1.28 bits per heavy atom. The van der Waals surface area contributed by atoms with Gasteiger partial charge in [-0.05, 0) is 37.3 Å². The van der Waals surface area contributed by atoms with Gasteiger partial charge in [-0.3, -0.25) is 4.79 Å². The van der Waals surface area contributed by atoms with E-state index in [9.17, 15) is 4.79 Å². The summed E-state index contributed by atoms with van der Waals surface area (Å²) in [6.45, 7) is 0.643. The maximum Gasteiger partial charge on any atom is 0.223 e. The first-order valence-corrected chi connectivity index (χ1v) is 6.85. The number of amides is 1. The topological polar surface area (TPSA) is 38.3 Å². The predicted octanol–water partition coefficient (Wildman–Crippen LogP) is 2.30. The molecule has 1 saturated carbocycles. The monoisotopic (exact) mass is 245 g/mol. The fraction of sp³-hybridized carbons (Fsp3) is 0.533. The van der Waals surface area contributed by atoms with Crippen LogP contribution < -0.4 is 10.1 Å². The van der Waals surface area contributed by atoms with E-state index in [-0.39, 0.29) is 17.9 Å². The second-order valence-corrected chi connectivity index (χ2v) is 5.26. The van der Waals surface area contributed by atoms with Crippen LogP contribution >= 0.6 is 0 Å². The van der Waals surface area contributed by atoms with Gasteiger partial charge in [-0.2, -0.15) is 0 Å². The molecule has 0 bridgehead atoms.